The summed E-state index contributed by atoms with van der Waals surface area (Å²) in [5, 5.41) is 2.41. The van der Waals surface area contributed by atoms with Crippen LogP contribution in [-0.4, -0.2) is 72.3 Å². The van der Waals surface area contributed by atoms with Crippen molar-refractivity contribution < 1.29 is 36.7 Å². The van der Waals surface area contributed by atoms with Crippen molar-refractivity contribution >= 4 is 17.7 Å². The Morgan fingerprint density at radius 2 is 1.93 bits per heavy atom. The SMILES string of the molecule is O=C1NCC(=O)N2CCN(C(=O)c3ccccc3OC(F)(F)C(F)F)C[C@H]12. The lowest BCUT2D eigenvalue weighted by molar-refractivity contribution is -0.253. The van der Waals surface area contributed by atoms with E-state index < -0.39 is 36.1 Å². The maximum atomic E-state index is 13.2. The largest absolute Gasteiger partial charge is 0.461 e. The molecule has 2 heterocycles. The highest BCUT2D eigenvalue weighted by molar-refractivity contribution is 5.99. The minimum absolute atomic E-state index is 0.0634. The monoisotopic (exact) mass is 389 g/mol. The first-order valence-corrected chi connectivity index (χ1v) is 8.01. The van der Waals surface area contributed by atoms with Crippen LogP contribution in [0.1, 0.15) is 10.4 Å². The summed E-state index contributed by atoms with van der Waals surface area (Å²) in [5.74, 6) is -2.17. The number of rotatable bonds is 4. The summed E-state index contributed by atoms with van der Waals surface area (Å²) in [6, 6.07) is 3.89. The van der Waals surface area contributed by atoms with Crippen LogP contribution in [0.2, 0.25) is 0 Å². The number of ether oxygens (including phenoxy) is 1. The lowest BCUT2D eigenvalue weighted by Gasteiger charge is -2.43. The number of fused-ring (bicyclic) bond motifs is 1. The molecule has 0 unspecified atom stereocenters. The number of halogens is 4. The van der Waals surface area contributed by atoms with Gasteiger partial charge in [0.05, 0.1) is 18.7 Å². The van der Waals surface area contributed by atoms with Gasteiger partial charge in [0.2, 0.25) is 11.8 Å². The van der Waals surface area contributed by atoms with Crippen LogP contribution in [0.15, 0.2) is 24.3 Å². The molecule has 1 atom stereocenters. The molecule has 2 fully saturated rings. The minimum Gasteiger partial charge on any atom is -0.427 e. The van der Waals surface area contributed by atoms with Crippen molar-refractivity contribution in [3.05, 3.63) is 29.8 Å². The molecule has 0 saturated carbocycles. The van der Waals surface area contributed by atoms with E-state index in [1.165, 1.54) is 21.9 Å². The van der Waals surface area contributed by atoms with Crippen LogP contribution >= 0.6 is 0 Å². The van der Waals surface area contributed by atoms with E-state index in [9.17, 15) is 31.9 Å². The third-order valence-electron chi connectivity index (χ3n) is 4.32. The molecule has 0 radical (unpaired) electrons. The number of hydrogen-bond donors (Lipinski definition) is 1. The molecule has 27 heavy (non-hydrogen) atoms. The van der Waals surface area contributed by atoms with Crippen molar-refractivity contribution in [1.29, 1.82) is 0 Å². The molecule has 1 N–H and O–H groups in total. The number of para-hydroxylation sites is 1. The number of piperazine rings is 2. The number of nitrogens with one attached hydrogen (secondary N) is 1. The summed E-state index contributed by atoms with van der Waals surface area (Å²) in [7, 11) is 0. The predicted octanol–water partition coefficient (Wildman–Crippen LogP) is 0.706. The second kappa shape index (κ2) is 7.05. The van der Waals surface area contributed by atoms with Gasteiger partial charge in [0.1, 0.15) is 11.8 Å². The van der Waals surface area contributed by atoms with Gasteiger partial charge < -0.3 is 19.9 Å². The van der Waals surface area contributed by atoms with E-state index in [0.717, 1.165) is 12.1 Å². The molecule has 0 aliphatic carbocycles. The lowest BCUT2D eigenvalue weighted by atomic mass is 10.1. The lowest BCUT2D eigenvalue weighted by Crippen LogP contribution is -2.66. The second-order valence-electron chi connectivity index (χ2n) is 6.03. The third-order valence-corrected chi connectivity index (χ3v) is 4.32. The quantitative estimate of drug-likeness (QED) is 0.770. The number of benzene rings is 1. The van der Waals surface area contributed by atoms with E-state index in [1.54, 1.807) is 0 Å². The van der Waals surface area contributed by atoms with E-state index in [0.29, 0.717) is 0 Å². The summed E-state index contributed by atoms with van der Waals surface area (Å²) >= 11 is 0. The summed E-state index contributed by atoms with van der Waals surface area (Å²) in [4.78, 5) is 39.0. The summed E-state index contributed by atoms with van der Waals surface area (Å²) in [6.07, 6.45) is -8.83. The first kappa shape index (κ1) is 18.9. The molecule has 0 bridgehead atoms. The molecule has 3 rings (SSSR count). The van der Waals surface area contributed by atoms with Gasteiger partial charge in [0.25, 0.3) is 5.91 Å². The van der Waals surface area contributed by atoms with Gasteiger partial charge in [-0.05, 0) is 12.1 Å². The maximum absolute atomic E-state index is 13.2. The first-order chi connectivity index (χ1) is 12.7. The molecule has 7 nitrogen and oxygen atoms in total. The molecule has 146 valence electrons. The topological polar surface area (TPSA) is 79.0 Å². The molecule has 2 aliphatic heterocycles. The zero-order valence-corrected chi connectivity index (χ0v) is 13.8. The zero-order valence-electron chi connectivity index (χ0n) is 13.8. The highest BCUT2D eigenvalue weighted by Gasteiger charge is 2.45. The van der Waals surface area contributed by atoms with Gasteiger partial charge in [-0.3, -0.25) is 14.4 Å². The van der Waals surface area contributed by atoms with Crippen LogP contribution < -0.4 is 10.1 Å². The molecule has 3 amide bonds. The Morgan fingerprint density at radius 3 is 2.63 bits per heavy atom. The molecule has 0 spiro atoms. The molecule has 1 aromatic rings. The number of carbonyl (C=O) groups excluding carboxylic acids is 3. The van der Waals surface area contributed by atoms with Crippen LogP contribution in [0, 0.1) is 0 Å². The van der Waals surface area contributed by atoms with E-state index in [1.807, 2.05) is 0 Å². The van der Waals surface area contributed by atoms with Gasteiger partial charge in [-0.2, -0.15) is 17.6 Å². The standard InChI is InChI=1S/C16H15F4N3O4/c17-15(18)16(19,20)27-11-4-2-1-3-9(11)14(26)22-5-6-23-10(8-22)13(25)21-7-12(23)24/h1-4,10,15H,5-8H2,(H,21,25)/t10-/m1/s1. The van der Waals surface area contributed by atoms with E-state index >= 15 is 0 Å². The van der Waals surface area contributed by atoms with Crippen molar-refractivity contribution in [3.63, 3.8) is 0 Å². The van der Waals surface area contributed by atoms with Crippen LogP contribution in [0.3, 0.4) is 0 Å². The first-order valence-electron chi connectivity index (χ1n) is 8.01. The Kier molecular flexibility index (Phi) is 4.94. The molecular weight excluding hydrogens is 374 g/mol. The molecule has 2 aliphatic rings. The van der Waals surface area contributed by atoms with Gasteiger partial charge in [-0.15, -0.1) is 0 Å². The van der Waals surface area contributed by atoms with Crippen LogP contribution in [0.4, 0.5) is 17.6 Å². The van der Waals surface area contributed by atoms with Crippen LogP contribution in [0.5, 0.6) is 5.75 Å². The highest BCUT2D eigenvalue weighted by Crippen LogP contribution is 2.30. The zero-order chi connectivity index (χ0) is 19.8. The molecule has 1 aromatic carbocycles. The van der Waals surface area contributed by atoms with Crippen LogP contribution in [-0.2, 0) is 9.59 Å². The minimum atomic E-state index is -4.76. The van der Waals surface area contributed by atoms with Crippen molar-refractivity contribution in [2.45, 2.75) is 18.6 Å². The van der Waals surface area contributed by atoms with E-state index in [4.69, 9.17) is 0 Å². The van der Waals surface area contributed by atoms with E-state index in [-0.39, 0.29) is 37.6 Å². The molecule has 0 aromatic heterocycles. The fourth-order valence-corrected chi connectivity index (χ4v) is 2.97. The fourth-order valence-electron chi connectivity index (χ4n) is 2.97. The Labute approximate surface area is 150 Å². The normalized spacial score (nSPS) is 20.4. The molecule has 11 heteroatoms. The Bertz CT molecular complexity index is 774. The van der Waals surface area contributed by atoms with Gasteiger partial charge in [0, 0.05) is 13.1 Å². The predicted molar refractivity (Wildman–Crippen MR) is 82.4 cm³/mol. The van der Waals surface area contributed by atoms with Crippen molar-refractivity contribution in [2.24, 2.45) is 0 Å². The maximum Gasteiger partial charge on any atom is 0.461 e. The number of carbonyl (C=O) groups is 3. The molecular formula is C16H15F4N3O4. The summed E-state index contributed by atoms with van der Waals surface area (Å²) < 4.78 is 55.4. The highest BCUT2D eigenvalue weighted by atomic mass is 19.3. The fraction of sp³-hybridized carbons (Fsp3) is 0.438. The van der Waals surface area contributed by atoms with Gasteiger partial charge in [-0.1, -0.05) is 12.1 Å². The smallest absolute Gasteiger partial charge is 0.427 e. The average molecular weight is 389 g/mol. The Hall–Kier alpha value is -2.85. The van der Waals surface area contributed by atoms with Gasteiger partial charge in [-0.25, -0.2) is 0 Å². The van der Waals surface area contributed by atoms with Gasteiger partial charge >= 0.3 is 12.5 Å². The van der Waals surface area contributed by atoms with Crippen molar-refractivity contribution in [3.8, 4) is 5.75 Å². The number of alkyl halides is 4. The Morgan fingerprint density at radius 1 is 1.22 bits per heavy atom. The molecule has 2 saturated heterocycles. The summed E-state index contributed by atoms with van der Waals surface area (Å²) in [5.41, 5.74) is -0.339. The number of hydrogen-bond acceptors (Lipinski definition) is 4. The van der Waals surface area contributed by atoms with Crippen molar-refractivity contribution in [1.82, 2.24) is 15.1 Å². The van der Waals surface area contributed by atoms with Crippen molar-refractivity contribution in [2.75, 3.05) is 26.2 Å². The van der Waals surface area contributed by atoms with Gasteiger partial charge in [0.15, 0.2) is 0 Å². The number of amides is 3. The van der Waals surface area contributed by atoms with Crippen LogP contribution in [0.25, 0.3) is 0 Å². The third kappa shape index (κ3) is 3.67. The average Bonchev–Trinajstić information content (AvgIpc) is 2.64. The summed E-state index contributed by atoms with van der Waals surface area (Å²) in [6.45, 7) is -0.106. The Balaban J connectivity index is 1.81. The number of nitrogens with zero attached hydrogens (tertiary/aromatic N) is 2. The van der Waals surface area contributed by atoms with E-state index in [2.05, 4.69) is 10.1 Å². The second-order valence-corrected chi connectivity index (χ2v) is 6.03.